The van der Waals surface area contributed by atoms with E-state index in [4.69, 9.17) is 0 Å². The second kappa shape index (κ2) is 4.69. The maximum atomic E-state index is 11.8. The lowest BCUT2D eigenvalue weighted by molar-refractivity contribution is 0.0948. The van der Waals surface area contributed by atoms with Crippen molar-refractivity contribution >= 4 is 22.2 Å². The van der Waals surface area contributed by atoms with Crippen molar-refractivity contribution in [2.24, 2.45) is 0 Å². The van der Waals surface area contributed by atoms with Gasteiger partial charge in [0.05, 0.1) is 17.8 Å². The van der Waals surface area contributed by atoms with Crippen LogP contribution in [0.5, 0.6) is 0 Å². The highest BCUT2D eigenvalue weighted by molar-refractivity contribution is 7.15. The van der Waals surface area contributed by atoms with E-state index in [1.807, 2.05) is 22.2 Å². The Bertz CT molecular complexity index is 738. The van der Waals surface area contributed by atoms with Crippen molar-refractivity contribution in [1.29, 1.82) is 0 Å². The minimum atomic E-state index is -0.481. The molecule has 0 aliphatic heterocycles. The van der Waals surface area contributed by atoms with Gasteiger partial charge in [-0.25, -0.2) is 9.78 Å². The van der Waals surface area contributed by atoms with Crippen LogP contribution in [0.2, 0.25) is 0 Å². The summed E-state index contributed by atoms with van der Waals surface area (Å²) in [5.74, 6) is -0.305. The largest absolute Gasteiger partial charge is 0.430 e. The van der Waals surface area contributed by atoms with E-state index in [0.29, 0.717) is 12.1 Å². The summed E-state index contributed by atoms with van der Waals surface area (Å²) in [7, 11) is 0. The standard InChI is InChI=1S/C12H9N3O3S/c16-10-2-1-8(7-18-10)11(17)13-5-9-6-15-3-4-19-12(15)14-9/h1-4,6-7H,5H2,(H,13,17). The molecule has 0 saturated carbocycles. The number of carbonyl (C=O) groups excluding carboxylic acids is 1. The number of nitrogens with one attached hydrogen (secondary N) is 1. The molecule has 1 amide bonds. The molecule has 0 aliphatic carbocycles. The average molecular weight is 275 g/mol. The molecular formula is C12H9N3O3S. The Balaban J connectivity index is 1.68. The molecule has 3 heterocycles. The second-order valence-corrected chi connectivity index (χ2v) is 4.72. The molecule has 0 saturated heterocycles. The third-order valence-electron chi connectivity index (χ3n) is 2.54. The number of fused-ring (bicyclic) bond motifs is 1. The lowest BCUT2D eigenvalue weighted by atomic mass is 10.3. The van der Waals surface area contributed by atoms with Crippen molar-refractivity contribution in [3.05, 3.63) is 57.8 Å². The van der Waals surface area contributed by atoms with Gasteiger partial charge in [-0.2, -0.15) is 0 Å². The fourth-order valence-electron chi connectivity index (χ4n) is 1.62. The number of imidazole rings is 1. The second-order valence-electron chi connectivity index (χ2n) is 3.85. The van der Waals surface area contributed by atoms with Gasteiger partial charge in [-0.15, -0.1) is 11.3 Å². The molecule has 1 N–H and O–H groups in total. The lowest BCUT2D eigenvalue weighted by Crippen LogP contribution is -2.23. The van der Waals surface area contributed by atoms with E-state index in [1.165, 1.54) is 23.5 Å². The third kappa shape index (κ3) is 2.41. The number of nitrogens with zero attached hydrogens (tertiary/aromatic N) is 2. The molecule has 0 bridgehead atoms. The summed E-state index contributed by atoms with van der Waals surface area (Å²) in [5, 5.41) is 4.65. The number of aromatic nitrogens is 2. The van der Waals surface area contributed by atoms with Crippen molar-refractivity contribution in [2.45, 2.75) is 6.54 Å². The van der Waals surface area contributed by atoms with Crippen LogP contribution in [0.1, 0.15) is 16.1 Å². The first-order valence-corrected chi connectivity index (χ1v) is 6.38. The summed E-state index contributed by atoms with van der Waals surface area (Å²) >= 11 is 1.53. The molecule has 0 aliphatic rings. The molecule has 0 aromatic carbocycles. The first-order valence-electron chi connectivity index (χ1n) is 5.50. The summed E-state index contributed by atoms with van der Waals surface area (Å²) in [5.41, 5.74) is 0.601. The van der Waals surface area contributed by atoms with Crippen LogP contribution in [0.15, 0.2) is 45.4 Å². The minimum Gasteiger partial charge on any atom is -0.430 e. The molecular weight excluding hydrogens is 266 g/mol. The van der Waals surface area contributed by atoms with Crippen LogP contribution in [0, 0.1) is 0 Å². The minimum absolute atomic E-state index is 0.305. The van der Waals surface area contributed by atoms with Crippen molar-refractivity contribution < 1.29 is 9.21 Å². The molecule has 0 radical (unpaired) electrons. The Morgan fingerprint density at radius 3 is 3.11 bits per heavy atom. The van der Waals surface area contributed by atoms with E-state index in [2.05, 4.69) is 14.7 Å². The molecule has 0 spiro atoms. The van der Waals surface area contributed by atoms with E-state index in [-0.39, 0.29) is 5.91 Å². The molecule has 0 fully saturated rings. The fraction of sp³-hybridized carbons (Fsp3) is 0.0833. The van der Waals surface area contributed by atoms with Gasteiger partial charge >= 0.3 is 5.63 Å². The molecule has 3 aromatic rings. The molecule has 3 aromatic heterocycles. The van der Waals surface area contributed by atoms with Crippen LogP contribution in [0.4, 0.5) is 0 Å². The number of rotatable bonds is 3. The van der Waals surface area contributed by atoms with Crippen LogP contribution in [-0.4, -0.2) is 15.3 Å². The number of hydrogen-bond donors (Lipinski definition) is 1. The zero-order chi connectivity index (χ0) is 13.2. The van der Waals surface area contributed by atoms with Crippen molar-refractivity contribution in [1.82, 2.24) is 14.7 Å². The van der Waals surface area contributed by atoms with Gasteiger partial charge in [-0.05, 0) is 6.07 Å². The van der Waals surface area contributed by atoms with Crippen molar-refractivity contribution in [3.8, 4) is 0 Å². The van der Waals surface area contributed by atoms with Gasteiger partial charge in [-0.3, -0.25) is 9.20 Å². The predicted molar refractivity (Wildman–Crippen MR) is 69.2 cm³/mol. The van der Waals surface area contributed by atoms with Gasteiger partial charge in [0.2, 0.25) is 0 Å². The highest BCUT2D eigenvalue weighted by Crippen LogP contribution is 2.11. The van der Waals surface area contributed by atoms with Gasteiger partial charge < -0.3 is 9.73 Å². The summed E-state index contributed by atoms with van der Waals surface area (Å²) < 4.78 is 6.53. The monoisotopic (exact) mass is 275 g/mol. The Morgan fingerprint density at radius 1 is 1.47 bits per heavy atom. The highest BCUT2D eigenvalue weighted by Gasteiger charge is 2.08. The summed E-state index contributed by atoms with van der Waals surface area (Å²) in [6.07, 6.45) is 4.91. The van der Waals surface area contributed by atoms with Crippen LogP contribution < -0.4 is 10.9 Å². The van der Waals surface area contributed by atoms with Crippen LogP contribution in [0.25, 0.3) is 4.96 Å². The Hall–Kier alpha value is -2.41. The Labute approximate surface area is 111 Å². The molecule has 6 nitrogen and oxygen atoms in total. The Kier molecular flexibility index (Phi) is 2.88. The first kappa shape index (κ1) is 11.7. The molecule has 96 valence electrons. The van der Waals surface area contributed by atoms with Crippen molar-refractivity contribution in [3.63, 3.8) is 0 Å². The topological polar surface area (TPSA) is 76.6 Å². The van der Waals surface area contributed by atoms with Crippen LogP contribution in [-0.2, 0) is 6.54 Å². The smallest absolute Gasteiger partial charge is 0.335 e. The fourth-order valence-corrected chi connectivity index (χ4v) is 2.34. The van der Waals surface area contributed by atoms with Gasteiger partial charge in [-0.1, -0.05) is 0 Å². The third-order valence-corrected chi connectivity index (χ3v) is 3.31. The number of carbonyl (C=O) groups is 1. The molecule has 0 unspecified atom stereocenters. The zero-order valence-corrected chi connectivity index (χ0v) is 10.5. The summed E-state index contributed by atoms with van der Waals surface area (Å²) in [6, 6.07) is 2.63. The van der Waals surface area contributed by atoms with Gasteiger partial charge in [0.25, 0.3) is 5.91 Å². The summed E-state index contributed by atoms with van der Waals surface area (Å²) in [6.45, 7) is 0.326. The Morgan fingerprint density at radius 2 is 2.37 bits per heavy atom. The van der Waals surface area contributed by atoms with Crippen LogP contribution >= 0.6 is 11.3 Å². The SMILES string of the molecule is O=C(NCc1cn2ccsc2n1)c1ccc(=O)oc1. The highest BCUT2D eigenvalue weighted by atomic mass is 32.1. The zero-order valence-electron chi connectivity index (χ0n) is 9.70. The normalized spacial score (nSPS) is 10.7. The van der Waals surface area contributed by atoms with Crippen molar-refractivity contribution in [2.75, 3.05) is 0 Å². The maximum Gasteiger partial charge on any atom is 0.335 e. The molecule has 19 heavy (non-hydrogen) atoms. The molecule has 0 atom stereocenters. The maximum absolute atomic E-state index is 11.8. The molecule has 3 rings (SSSR count). The number of thiazole rings is 1. The van der Waals surface area contributed by atoms with E-state index in [1.54, 1.807) is 0 Å². The van der Waals surface area contributed by atoms with Gasteiger partial charge in [0.15, 0.2) is 4.96 Å². The average Bonchev–Trinajstić information content (AvgIpc) is 2.97. The van der Waals surface area contributed by atoms with Gasteiger partial charge in [0.1, 0.15) is 6.26 Å². The number of amides is 1. The van der Waals surface area contributed by atoms with E-state index < -0.39 is 5.63 Å². The van der Waals surface area contributed by atoms with Crippen LogP contribution in [0.3, 0.4) is 0 Å². The lowest BCUT2D eigenvalue weighted by Gasteiger charge is -2.01. The predicted octanol–water partition coefficient (Wildman–Crippen LogP) is 1.28. The van der Waals surface area contributed by atoms with E-state index >= 15 is 0 Å². The van der Waals surface area contributed by atoms with E-state index in [0.717, 1.165) is 16.9 Å². The number of hydrogen-bond acceptors (Lipinski definition) is 5. The molecule has 7 heteroatoms. The first-order chi connectivity index (χ1) is 9.22. The quantitative estimate of drug-likeness (QED) is 0.781. The summed E-state index contributed by atoms with van der Waals surface area (Å²) in [4.78, 5) is 27.8. The van der Waals surface area contributed by atoms with Gasteiger partial charge in [0, 0.05) is 23.8 Å². The van der Waals surface area contributed by atoms with E-state index in [9.17, 15) is 9.59 Å².